The van der Waals surface area contributed by atoms with Gasteiger partial charge in [0.15, 0.2) is 6.29 Å². The molecule has 0 bridgehead atoms. The molecule has 17 heavy (non-hydrogen) atoms. The molecular formula is C10H26O7. The molecule has 7 nitrogen and oxygen atoms in total. The zero-order chi connectivity index (χ0) is 13.9. The van der Waals surface area contributed by atoms with Crippen LogP contribution in [0.4, 0.5) is 0 Å². The Morgan fingerprint density at radius 1 is 0.824 bits per heavy atom. The molecule has 0 aliphatic rings. The van der Waals surface area contributed by atoms with Crippen molar-refractivity contribution in [3.63, 3.8) is 0 Å². The molecule has 0 aromatic heterocycles. The fourth-order valence-electron chi connectivity index (χ4n) is 0.489. The quantitative estimate of drug-likeness (QED) is 0.231. The molecule has 0 amide bonds. The lowest BCUT2D eigenvalue weighted by atomic mass is 10.3. The summed E-state index contributed by atoms with van der Waals surface area (Å²) in [5.41, 5.74) is 0. The molecule has 7 heteroatoms. The van der Waals surface area contributed by atoms with Crippen LogP contribution >= 0.6 is 0 Å². The van der Waals surface area contributed by atoms with Crippen LogP contribution in [0.15, 0.2) is 0 Å². The lowest BCUT2D eigenvalue weighted by Gasteiger charge is -1.94. The summed E-state index contributed by atoms with van der Waals surface area (Å²) < 4.78 is 4.63. The van der Waals surface area contributed by atoms with Gasteiger partial charge >= 0.3 is 0 Å². The molecule has 0 unspecified atom stereocenters. The minimum absolute atomic E-state index is 0.0278. The highest BCUT2D eigenvalue weighted by atomic mass is 16.5. The van der Waals surface area contributed by atoms with E-state index in [0.29, 0.717) is 19.6 Å². The van der Waals surface area contributed by atoms with Crippen LogP contribution < -0.4 is 0 Å². The molecule has 0 aliphatic carbocycles. The maximum Gasteiger partial charge on any atom is 0.151 e. The van der Waals surface area contributed by atoms with E-state index in [2.05, 4.69) is 4.74 Å². The maximum atomic E-state index is 8.11. The van der Waals surface area contributed by atoms with Crippen LogP contribution in [-0.4, -0.2) is 76.6 Å². The Kier molecular flexibility index (Phi) is 32.0. The van der Waals surface area contributed by atoms with Crippen molar-refractivity contribution >= 4 is 0 Å². The SMILES string of the molecule is CCCC(O)O.OCCO.OCCOCCO. The normalized spacial score (nSPS) is 9.18. The van der Waals surface area contributed by atoms with Gasteiger partial charge in [0, 0.05) is 0 Å². The Bertz CT molecular complexity index is 94.7. The van der Waals surface area contributed by atoms with Crippen LogP contribution in [0.5, 0.6) is 0 Å². The van der Waals surface area contributed by atoms with E-state index in [-0.39, 0.29) is 26.4 Å². The van der Waals surface area contributed by atoms with Crippen LogP contribution in [0.2, 0.25) is 0 Å². The van der Waals surface area contributed by atoms with E-state index in [0.717, 1.165) is 6.42 Å². The highest BCUT2D eigenvalue weighted by Crippen LogP contribution is 1.88. The first kappa shape index (κ1) is 21.9. The smallest absolute Gasteiger partial charge is 0.151 e. The van der Waals surface area contributed by atoms with Gasteiger partial charge in [-0.15, -0.1) is 0 Å². The Balaban J connectivity index is -0.000000180. The summed E-state index contributed by atoms with van der Waals surface area (Å²) in [6.07, 6.45) is 0.215. The van der Waals surface area contributed by atoms with Gasteiger partial charge in [-0.2, -0.15) is 0 Å². The summed E-state index contributed by atoms with van der Waals surface area (Å²) >= 11 is 0. The first-order valence-corrected chi connectivity index (χ1v) is 5.47. The molecule has 0 aliphatic heterocycles. The minimum atomic E-state index is -1.10. The van der Waals surface area contributed by atoms with Gasteiger partial charge in [0.1, 0.15) is 0 Å². The van der Waals surface area contributed by atoms with E-state index < -0.39 is 6.29 Å². The second kappa shape index (κ2) is 24.8. The summed E-state index contributed by atoms with van der Waals surface area (Å²) in [5.74, 6) is 0. The van der Waals surface area contributed by atoms with Crippen LogP contribution in [0.25, 0.3) is 0 Å². The molecule has 0 rings (SSSR count). The predicted molar refractivity (Wildman–Crippen MR) is 62.3 cm³/mol. The lowest BCUT2D eigenvalue weighted by Crippen LogP contribution is -2.03. The fourth-order valence-corrected chi connectivity index (χ4v) is 0.489. The van der Waals surface area contributed by atoms with Crippen LogP contribution in [-0.2, 0) is 4.74 Å². The Morgan fingerprint density at radius 2 is 1.24 bits per heavy atom. The summed E-state index contributed by atoms with van der Waals surface area (Å²) in [6, 6.07) is 0. The zero-order valence-corrected chi connectivity index (χ0v) is 10.3. The van der Waals surface area contributed by atoms with Crippen molar-refractivity contribution in [2.24, 2.45) is 0 Å². The third-order valence-corrected chi connectivity index (χ3v) is 1.12. The summed E-state index contributed by atoms with van der Waals surface area (Å²) in [4.78, 5) is 0. The molecule has 0 atom stereocenters. The zero-order valence-electron chi connectivity index (χ0n) is 10.3. The maximum absolute atomic E-state index is 8.11. The van der Waals surface area contributed by atoms with Gasteiger partial charge in [-0.3, -0.25) is 0 Å². The largest absolute Gasteiger partial charge is 0.394 e. The first-order valence-electron chi connectivity index (χ1n) is 5.47. The topological polar surface area (TPSA) is 131 Å². The average Bonchev–Trinajstić information content (AvgIpc) is 2.31. The van der Waals surface area contributed by atoms with Crippen molar-refractivity contribution in [1.82, 2.24) is 0 Å². The molecule has 0 aromatic rings. The van der Waals surface area contributed by atoms with Crippen molar-refractivity contribution in [1.29, 1.82) is 0 Å². The number of ether oxygens (including phenoxy) is 1. The molecule has 108 valence electrons. The molecule has 0 radical (unpaired) electrons. The fraction of sp³-hybridized carbons (Fsp3) is 1.00. The van der Waals surface area contributed by atoms with Gasteiger partial charge in [0.25, 0.3) is 0 Å². The number of aliphatic hydroxyl groups is 6. The molecule has 0 spiro atoms. The number of aliphatic hydroxyl groups excluding tert-OH is 5. The monoisotopic (exact) mass is 258 g/mol. The van der Waals surface area contributed by atoms with Gasteiger partial charge in [0.05, 0.1) is 39.6 Å². The molecule has 0 aromatic carbocycles. The number of hydrogen-bond acceptors (Lipinski definition) is 7. The van der Waals surface area contributed by atoms with Crippen molar-refractivity contribution in [2.45, 2.75) is 26.1 Å². The van der Waals surface area contributed by atoms with Gasteiger partial charge in [-0.05, 0) is 6.42 Å². The molecular weight excluding hydrogens is 232 g/mol. The molecule has 6 N–H and O–H groups in total. The Hall–Kier alpha value is -0.280. The van der Waals surface area contributed by atoms with Crippen LogP contribution in [0.3, 0.4) is 0 Å². The molecule has 0 saturated heterocycles. The predicted octanol–water partition coefficient (Wildman–Crippen LogP) is -1.94. The van der Waals surface area contributed by atoms with Gasteiger partial charge in [-0.1, -0.05) is 13.3 Å². The molecule has 0 fully saturated rings. The van der Waals surface area contributed by atoms with Crippen molar-refractivity contribution in [3.05, 3.63) is 0 Å². The van der Waals surface area contributed by atoms with Crippen molar-refractivity contribution in [3.8, 4) is 0 Å². The third-order valence-electron chi connectivity index (χ3n) is 1.12. The second-order valence-corrected chi connectivity index (χ2v) is 2.78. The van der Waals surface area contributed by atoms with E-state index in [1.807, 2.05) is 6.92 Å². The lowest BCUT2D eigenvalue weighted by molar-refractivity contribution is -0.0453. The Morgan fingerprint density at radius 3 is 1.35 bits per heavy atom. The van der Waals surface area contributed by atoms with E-state index in [4.69, 9.17) is 30.6 Å². The summed E-state index contributed by atoms with van der Waals surface area (Å²) in [5, 5.41) is 47.6. The van der Waals surface area contributed by atoms with E-state index in [1.165, 1.54) is 0 Å². The average molecular weight is 258 g/mol. The third kappa shape index (κ3) is 49.7. The molecule has 0 saturated carbocycles. The van der Waals surface area contributed by atoms with Crippen molar-refractivity contribution in [2.75, 3.05) is 39.6 Å². The van der Waals surface area contributed by atoms with Gasteiger partial charge in [0.2, 0.25) is 0 Å². The Labute approximate surface area is 102 Å². The summed E-state index contributed by atoms with van der Waals surface area (Å²) in [7, 11) is 0. The summed E-state index contributed by atoms with van der Waals surface area (Å²) in [6.45, 7) is 2.35. The standard InChI is InChI=1S/C4H10O3.C4H10O2.C2H6O2/c5-1-3-7-4-2-6;1-2-3-4(5)6;3-1-2-4/h5-6H,1-4H2;4-6H,2-3H2,1H3;3-4H,1-2H2. The van der Waals surface area contributed by atoms with E-state index in [9.17, 15) is 0 Å². The van der Waals surface area contributed by atoms with E-state index >= 15 is 0 Å². The second-order valence-electron chi connectivity index (χ2n) is 2.78. The van der Waals surface area contributed by atoms with Crippen molar-refractivity contribution < 1.29 is 35.4 Å². The number of rotatable bonds is 7. The first-order chi connectivity index (χ1) is 8.10. The van der Waals surface area contributed by atoms with Crippen LogP contribution in [0, 0.1) is 0 Å². The van der Waals surface area contributed by atoms with E-state index in [1.54, 1.807) is 0 Å². The van der Waals surface area contributed by atoms with Gasteiger partial charge < -0.3 is 35.4 Å². The van der Waals surface area contributed by atoms with Crippen LogP contribution in [0.1, 0.15) is 19.8 Å². The number of hydrogen-bond donors (Lipinski definition) is 6. The highest BCUT2D eigenvalue weighted by molar-refractivity contribution is 4.31. The van der Waals surface area contributed by atoms with Gasteiger partial charge in [-0.25, -0.2) is 0 Å². The minimum Gasteiger partial charge on any atom is -0.394 e. The highest BCUT2D eigenvalue weighted by Gasteiger charge is 1.89. The molecule has 0 heterocycles.